The molecule has 0 saturated heterocycles. The van der Waals surface area contributed by atoms with Crippen LogP contribution in [-0.4, -0.2) is 46.0 Å². The Bertz CT molecular complexity index is 301. The highest BCUT2D eigenvalue weighted by Crippen LogP contribution is 1.93. The summed E-state index contributed by atoms with van der Waals surface area (Å²) in [5.74, 6) is -0.743. The summed E-state index contributed by atoms with van der Waals surface area (Å²) in [6, 6.07) is -0.869. The molecule has 1 unspecified atom stereocenters. The van der Waals surface area contributed by atoms with E-state index < -0.39 is 22.0 Å². The molecule has 1 atom stereocenters. The molecule has 0 heterocycles. The minimum atomic E-state index is -3.49. The van der Waals surface area contributed by atoms with E-state index in [0.717, 1.165) is 0 Å². The van der Waals surface area contributed by atoms with Crippen LogP contribution < -0.4 is 4.72 Å². The number of hydrogen-bond acceptors (Lipinski definition) is 5. The second kappa shape index (κ2) is 7.59. The van der Waals surface area contributed by atoms with E-state index >= 15 is 0 Å². The number of nitrogens with one attached hydrogen (secondary N) is 1. The quantitative estimate of drug-likeness (QED) is 0.482. The van der Waals surface area contributed by atoms with Gasteiger partial charge in [-0.25, -0.2) is 13.1 Å². The van der Waals surface area contributed by atoms with E-state index in [1.807, 2.05) is 0 Å². The number of ether oxygens (including phenoxy) is 2. The van der Waals surface area contributed by atoms with E-state index in [9.17, 15) is 13.2 Å². The molecular weight excluding hydrogens is 234 g/mol. The smallest absolute Gasteiger partial charge is 0.323 e. The van der Waals surface area contributed by atoms with Crippen molar-refractivity contribution in [1.82, 2.24) is 4.72 Å². The summed E-state index contributed by atoms with van der Waals surface area (Å²) in [7, 11) is -3.49. The lowest BCUT2D eigenvalue weighted by Crippen LogP contribution is -2.41. The molecule has 96 valence electrons. The minimum Gasteiger partial charge on any atom is -0.465 e. The summed E-state index contributed by atoms with van der Waals surface area (Å²) in [6.07, 6.45) is 0. The molecule has 0 amide bonds. The maximum atomic E-state index is 11.4. The molecule has 16 heavy (non-hydrogen) atoms. The maximum absolute atomic E-state index is 11.4. The molecule has 0 aliphatic rings. The first kappa shape index (κ1) is 15.3. The van der Waals surface area contributed by atoms with Crippen molar-refractivity contribution in [3.63, 3.8) is 0 Å². The van der Waals surface area contributed by atoms with Gasteiger partial charge in [0.05, 0.1) is 19.0 Å². The van der Waals surface area contributed by atoms with Gasteiger partial charge >= 0.3 is 5.97 Å². The van der Waals surface area contributed by atoms with Gasteiger partial charge in [0.2, 0.25) is 10.0 Å². The van der Waals surface area contributed by atoms with Crippen molar-refractivity contribution in [1.29, 1.82) is 0 Å². The third-order valence-corrected chi connectivity index (χ3v) is 3.11. The van der Waals surface area contributed by atoms with Crippen LogP contribution in [0.25, 0.3) is 0 Å². The Morgan fingerprint density at radius 2 is 1.94 bits per heavy atom. The molecule has 0 aliphatic heterocycles. The van der Waals surface area contributed by atoms with E-state index in [-0.39, 0.29) is 19.0 Å². The molecule has 0 fully saturated rings. The van der Waals surface area contributed by atoms with Gasteiger partial charge in [0, 0.05) is 6.61 Å². The maximum Gasteiger partial charge on any atom is 0.323 e. The van der Waals surface area contributed by atoms with Crippen molar-refractivity contribution in [3.8, 4) is 0 Å². The highest BCUT2D eigenvalue weighted by molar-refractivity contribution is 7.89. The summed E-state index contributed by atoms with van der Waals surface area (Å²) in [4.78, 5) is 11.2. The van der Waals surface area contributed by atoms with Crippen molar-refractivity contribution in [3.05, 3.63) is 0 Å². The van der Waals surface area contributed by atoms with Crippen LogP contribution in [0.2, 0.25) is 0 Å². The highest BCUT2D eigenvalue weighted by atomic mass is 32.2. The molecule has 0 aromatic heterocycles. The first-order valence-electron chi connectivity index (χ1n) is 5.17. The fourth-order valence-corrected chi connectivity index (χ4v) is 2.05. The normalized spacial score (nSPS) is 13.4. The summed E-state index contributed by atoms with van der Waals surface area (Å²) in [6.45, 7) is 5.68. The van der Waals surface area contributed by atoms with E-state index in [4.69, 9.17) is 4.74 Å². The molecule has 0 aliphatic carbocycles. The lowest BCUT2D eigenvalue weighted by Gasteiger charge is -2.12. The van der Waals surface area contributed by atoms with E-state index in [1.165, 1.54) is 6.92 Å². The first-order valence-corrected chi connectivity index (χ1v) is 6.82. The lowest BCUT2D eigenvalue weighted by molar-refractivity contribution is -0.144. The third-order valence-electron chi connectivity index (χ3n) is 1.70. The lowest BCUT2D eigenvalue weighted by atomic mass is 10.4. The van der Waals surface area contributed by atoms with Gasteiger partial charge in [0.25, 0.3) is 0 Å². The number of rotatable bonds is 8. The Labute approximate surface area is 96.4 Å². The van der Waals surface area contributed by atoms with Crippen molar-refractivity contribution >= 4 is 16.0 Å². The Morgan fingerprint density at radius 1 is 1.31 bits per heavy atom. The number of sulfonamides is 1. The van der Waals surface area contributed by atoms with Crippen molar-refractivity contribution in [2.24, 2.45) is 0 Å². The molecule has 7 heteroatoms. The van der Waals surface area contributed by atoms with Crippen LogP contribution in [0.3, 0.4) is 0 Å². The molecule has 0 saturated carbocycles. The number of esters is 1. The average molecular weight is 253 g/mol. The monoisotopic (exact) mass is 253 g/mol. The summed E-state index contributed by atoms with van der Waals surface area (Å²) in [5, 5.41) is 0. The van der Waals surface area contributed by atoms with Gasteiger partial charge in [-0.1, -0.05) is 0 Å². The van der Waals surface area contributed by atoms with Crippen LogP contribution in [0, 0.1) is 0 Å². The van der Waals surface area contributed by atoms with Gasteiger partial charge in [0.1, 0.15) is 6.04 Å². The van der Waals surface area contributed by atoms with E-state index in [1.54, 1.807) is 13.8 Å². The third kappa shape index (κ3) is 6.76. The van der Waals surface area contributed by atoms with Crippen LogP contribution in [-0.2, 0) is 24.3 Å². The highest BCUT2D eigenvalue weighted by Gasteiger charge is 2.20. The zero-order chi connectivity index (χ0) is 12.6. The average Bonchev–Trinajstić information content (AvgIpc) is 2.17. The van der Waals surface area contributed by atoms with E-state index in [2.05, 4.69) is 9.46 Å². The van der Waals surface area contributed by atoms with Gasteiger partial charge in [-0.05, 0) is 20.8 Å². The minimum absolute atomic E-state index is 0.112. The molecule has 1 N–H and O–H groups in total. The Kier molecular flexibility index (Phi) is 7.27. The van der Waals surface area contributed by atoms with Crippen molar-refractivity contribution in [2.75, 3.05) is 25.6 Å². The number of carbonyl (C=O) groups excluding carboxylic acids is 1. The zero-order valence-corrected chi connectivity index (χ0v) is 10.7. The molecule has 0 rings (SSSR count). The second-order valence-electron chi connectivity index (χ2n) is 3.11. The van der Waals surface area contributed by atoms with Crippen LogP contribution >= 0.6 is 0 Å². The Balaban J connectivity index is 4.09. The van der Waals surface area contributed by atoms with Gasteiger partial charge < -0.3 is 9.47 Å². The topological polar surface area (TPSA) is 81.7 Å². The van der Waals surface area contributed by atoms with Crippen LogP contribution in [0.4, 0.5) is 0 Å². The predicted molar refractivity (Wildman–Crippen MR) is 59.5 cm³/mol. The van der Waals surface area contributed by atoms with Crippen molar-refractivity contribution < 1.29 is 22.7 Å². The Hall–Kier alpha value is -0.660. The predicted octanol–water partition coefficient (Wildman–Crippen LogP) is -0.106. The first-order chi connectivity index (χ1) is 7.43. The molecule has 6 nitrogen and oxygen atoms in total. The molecule has 0 aromatic carbocycles. The summed E-state index contributed by atoms with van der Waals surface area (Å²) in [5.41, 5.74) is 0. The Morgan fingerprint density at radius 3 is 2.44 bits per heavy atom. The number of hydrogen-bond donors (Lipinski definition) is 1. The fourth-order valence-electron chi connectivity index (χ4n) is 0.957. The van der Waals surface area contributed by atoms with Gasteiger partial charge in [-0.2, -0.15) is 0 Å². The fraction of sp³-hybridized carbons (Fsp3) is 0.889. The molecule has 0 aromatic rings. The SMILES string of the molecule is CCOCCS(=O)(=O)NC(C)C(=O)OCC. The molecule has 0 spiro atoms. The zero-order valence-electron chi connectivity index (χ0n) is 9.86. The van der Waals surface area contributed by atoms with Crippen LogP contribution in [0.5, 0.6) is 0 Å². The summed E-state index contributed by atoms with van der Waals surface area (Å²) < 4.78 is 34.7. The number of carbonyl (C=O) groups is 1. The van der Waals surface area contributed by atoms with Gasteiger partial charge in [-0.15, -0.1) is 0 Å². The van der Waals surface area contributed by atoms with Crippen molar-refractivity contribution in [2.45, 2.75) is 26.8 Å². The molecular formula is C9H19NO5S. The largest absolute Gasteiger partial charge is 0.465 e. The summed E-state index contributed by atoms with van der Waals surface area (Å²) >= 11 is 0. The standard InChI is InChI=1S/C9H19NO5S/c1-4-14-6-7-16(12,13)10-8(3)9(11)15-5-2/h8,10H,4-7H2,1-3H3. The van der Waals surface area contributed by atoms with Crippen LogP contribution in [0.15, 0.2) is 0 Å². The van der Waals surface area contributed by atoms with E-state index in [0.29, 0.717) is 6.61 Å². The molecule has 0 bridgehead atoms. The van der Waals surface area contributed by atoms with Gasteiger partial charge in [-0.3, -0.25) is 4.79 Å². The van der Waals surface area contributed by atoms with Crippen LogP contribution in [0.1, 0.15) is 20.8 Å². The molecule has 0 radical (unpaired) electrons. The van der Waals surface area contributed by atoms with Gasteiger partial charge in [0.15, 0.2) is 0 Å². The second-order valence-corrected chi connectivity index (χ2v) is 4.98.